The lowest BCUT2D eigenvalue weighted by Crippen LogP contribution is -2.27. The molecule has 3 rings (SSSR count). The maximum Gasteiger partial charge on any atom is 0.164 e. The van der Waals surface area contributed by atoms with Crippen molar-refractivity contribution in [3.8, 4) is 0 Å². The van der Waals surface area contributed by atoms with Crippen molar-refractivity contribution in [3.63, 3.8) is 0 Å². The van der Waals surface area contributed by atoms with Crippen molar-refractivity contribution in [3.05, 3.63) is 47.7 Å². The van der Waals surface area contributed by atoms with Crippen LogP contribution < -0.4 is 16.0 Å². The summed E-state index contributed by atoms with van der Waals surface area (Å²) in [7, 11) is 1.80. The Bertz CT molecular complexity index is 794. The quantitative estimate of drug-likeness (QED) is 0.597. The summed E-state index contributed by atoms with van der Waals surface area (Å²) in [5.41, 5.74) is 2.78. The molecule has 0 aromatic carbocycles. The van der Waals surface area contributed by atoms with Crippen molar-refractivity contribution >= 4 is 23.4 Å². The Balaban J connectivity index is 1.98. The summed E-state index contributed by atoms with van der Waals surface area (Å²) in [6.07, 6.45) is 6.88. The molecule has 0 bridgehead atoms. The largest absolute Gasteiger partial charge is 0.393 e. The lowest BCUT2D eigenvalue weighted by atomic mass is 9.94. The van der Waals surface area contributed by atoms with Crippen LogP contribution in [0.3, 0.4) is 0 Å². The van der Waals surface area contributed by atoms with Crippen molar-refractivity contribution in [2.24, 2.45) is 0 Å². The van der Waals surface area contributed by atoms with Crippen LogP contribution in [0.25, 0.3) is 5.57 Å². The molecule has 0 spiro atoms. The zero-order valence-corrected chi connectivity index (χ0v) is 15.2. The zero-order valence-electron chi connectivity index (χ0n) is 15.2. The summed E-state index contributed by atoms with van der Waals surface area (Å²) in [4.78, 5) is 13.7. The molecular formula is C19H25N7. The first-order valence-corrected chi connectivity index (χ1v) is 8.87. The predicted octanol–water partition coefficient (Wildman–Crippen LogP) is 2.60. The van der Waals surface area contributed by atoms with E-state index in [0.717, 1.165) is 43.0 Å². The molecule has 0 unspecified atom stereocenters. The van der Waals surface area contributed by atoms with Gasteiger partial charge in [-0.25, -0.2) is 15.0 Å². The highest BCUT2D eigenvalue weighted by Gasteiger charge is 2.19. The van der Waals surface area contributed by atoms with E-state index in [4.69, 9.17) is 10.4 Å². The fraction of sp³-hybridized carbons (Fsp3) is 0.368. The molecule has 26 heavy (non-hydrogen) atoms. The normalized spacial score (nSPS) is 15.5. The summed E-state index contributed by atoms with van der Waals surface area (Å²) in [5, 5.41) is 17.3. The first-order valence-electron chi connectivity index (χ1n) is 8.87. The lowest BCUT2D eigenvalue weighted by molar-refractivity contribution is 0.452. The van der Waals surface area contributed by atoms with Gasteiger partial charge in [0.05, 0.1) is 5.57 Å². The van der Waals surface area contributed by atoms with Gasteiger partial charge in [-0.1, -0.05) is 0 Å². The summed E-state index contributed by atoms with van der Waals surface area (Å²) in [6.45, 7) is 4.02. The number of anilines is 2. The molecule has 0 aliphatic carbocycles. The second-order valence-electron chi connectivity index (χ2n) is 6.40. The molecule has 0 atom stereocenters. The van der Waals surface area contributed by atoms with E-state index in [1.54, 1.807) is 19.4 Å². The number of hydrogen-bond acceptors (Lipinski definition) is 7. The summed E-state index contributed by atoms with van der Waals surface area (Å²) < 4.78 is 0. The van der Waals surface area contributed by atoms with Crippen molar-refractivity contribution < 1.29 is 0 Å². The zero-order chi connectivity index (χ0) is 18.4. The molecule has 2 aromatic rings. The minimum atomic E-state index is 0.394. The van der Waals surface area contributed by atoms with Crippen molar-refractivity contribution in [1.29, 1.82) is 5.41 Å². The number of pyridine rings is 1. The fourth-order valence-corrected chi connectivity index (χ4v) is 3.05. The third kappa shape index (κ3) is 4.43. The maximum atomic E-state index is 7.68. The monoisotopic (exact) mass is 351 g/mol. The molecular weight excluding hydrogens is 326 g/mol. The van der Waals surface area contributed by atoms with Gasteiger partial charge in [-0.2, -0.15) is 0 Å². The third-order valence-corrected chi connectivity index (χ3v) is 4.39. The van der Waals surface area contributed by atoms with E-state index < -0.39 is 0 Å². The Hall–Kier alpha value is -2.80. The van der Waals surface area contributed by atoms with Crippen LogP contribution in [0.2, 0.25) is 0 Å². The molecule has 1 aliphatic rings. The molecule has 0 saturated carbocycles. The minimum absolute atomic E-state index is 0.394. The van der Waals surface area contributed by atoms with Gasteiger partial charge in [0.1, 0.15) is 11.6 Å². The predicted molar refractivity (Wildman–Crippen MR) is 105 cm³/mol. The van der Waals surface area contributed by atoms with Crippen LogP contribution in [0, 0.1) is 12.3 Å². The molecule has 4 N–H and O–H groups in total. The van der Waals surface area contributed by atoms with E-state index in [0.29, 0.717) is 23.1 Å². The molecule has 1 aliphatic heterocycles. The van der Waals surface area contributed by atoms with Crippen LogP contribution in [0.1, 0.15) is 35.8 Å². The molecule has 3 heterocycles. The number of allylic oxidation sites excluding steroid dienone is 1. The third-order valence-electron chi connectivity index (χ3n) is 4.39. The summed E-state index contributed by atoms with van der Waals surface area (Å²) >= 11 is 0. The van der Waals surface area contributed by atoms with Crippen molar-refractivity contribution in [2.45, 2.75) is 25.7 Å². The number of aryl methyl sites for hydroxylation is 1. The number of nitrogens with one attached hydrogen (secondary N) is 4. The number of piperidine rings is 1. The van der Waals surface area contributed by atoms with E-state index in [-0.39, 0.29) is 0 Å². The number of hydrogen-bond donors (Lipinski definition) is 4. The Labute approximate surface area is 153 Å². The van der Waals surface area contributed by atoms with Crippen LogP contribution in [0.4, 0.5) is 11.6 Å². The number of rotatable bonds is 6. The van der Waals surface area contributed by atoms with E-state index in [2.05, 4.69) is 25.9 Å². The smallest absolute Gasteiger partial charge is 0.164 e. The van der Waals surface area contributed by atoms with Gasteiger partial charge in [0.15, 0.2) is 5.82 Å². The van der Waals surface area contributed by atoms with Gasteiger partial charge in [-0.05, 0) is 50.6 Å². The van der Waals surface area contributed by atoms with E-state index in [9.17, 15) is 0 Å². The minimum Gasteiger partial charge on any atom is -0.393 e. The Morgan fingerprint density at radius 1 is 1.23 bits per heavy atom. The fourth-order valence-electron chi connectivity index (χ4n) is 3.05. The molecule has 2 aromatic heterocycles. The number of nitrogens with zero attached hydrogens (tertiary/aromatic N) is 3. The first-order chi connectivity index (χ1) is 12.7. The molecule has 7 heteroatoms. The Morgan fingerprint density at radius 3 is 2.73 bits per heavy atom. The molecule has 136 valence electrons. The van der Waals surface area contributed by atoms with Crippen LogP contribution >= 0.6 is 0 Å². The van der Waals surface area contributed by atoms with Gasteiger partial charge in [0.2, 0.25) is 0 Å². The van der Waals surface area contributed by atoms with Crippen LogP contribution in [0.15, 0.2) is 30.6 Å². The van der Waals surface area contributed by atoms with Crippen molar-refractivity contribution in [1.82, 2.24) is 25.6 Å². The molecule has 0 radical (unpaired) electrons. The van der Waals surface area contributed by atoms with Gasteiger partial charge in [0, 0.05) is 43.3 Å². The SMILES string of the molecule is CN/C=C(\C=N)c1nc(Nc2cc(C)ccn2)cc(C2CCNCC2)n1. The topological polar surface area (TPSA) is 98.6 Å². The second kappa shape index (κ2) is 8.53. The van der Waals surface area contributed by atoms with Crippen molar-refractivity contribution in [2.75, 3.05) is 25.5 Å². The standard InChI is InChI=1S/C19H25N7/c1-13-3-8-23-17(9-13)25-18-10-16(14-4-6-22-7-5-14)24-19(26-18)15(11-20)12-21-2/h3,8-12,14,20-22H,4-7H2,1-2H3,(H,23,24,25,26)/b15-12+,20-11?. The van der Waals surface area contributed by atoms with Crippen LogP contribution in [-0.4, -0.2) is 41.3 Å². The van der Waals surface area contributed by atoms with Gasteiger partial charge >= 0.3 is 0 Å². The van der Waals surface area contributed by atoms with Crippen LogP contribution in [0.5, 0.6) is 0 Å². The van der Waals surface area contributed by atoms with E-state index in [1.165, 1.54) is 6.21 Å². The van der Waals surface area contributed by atoms with Crippen LogP contribution in [-0.2, 0) is 0 Å². The Kier molecular flexibility index (Phi) is 5.91. The lowest BCUT2D eigenvalue weighted by Gasteiger charge is -2.23. The Morgan fingerprint density at radius 2 is 2.04 bits per heavy atom. The number of aromatic nitrogens is 3. The van der Waals surface area contributed by atoms with E-state index >= 15 is 0 Å². The van der Waals surface area contributed by atoms with Gasteiger partial charge in [-0.3, -0.25) is 0 Å². The highest BCUT2D eigenvalue weighted by molar-refractivity contribution is 6.06. The van der Waals surface area contributed by atoms with E-state index in [1.807, 2.05) is 25.1 Å². The summed E-state index contributed by atoms with van der Waals surface area (Å²) in [5.74, 6) is 2.39. The second-order valence-corrected chi connectivity index (χ2v) is 6.40. The molecule has 1 fully saturated rings. The molecule has 7 nitrogen and oxygen atoms in total. The molecule has 0 amide bonds. The highest BCUT2D eigenvalue weighted by Crippen LogP contribution is 2.27. The summed E-state index contributed by atoms with van der Waals surface area (Å²) in [6, 6.07) is 5.94. The molecule has 1 saturated heterocycles. The average molecular weight is 351 g/mol. The average Bonchev–Trinajstić information content (AvgIpc) is 2.66. The van der Waals surface area contributed by atoms with Gasteiger partial charge in [-0.15, -0.1) is 0 Å². The van der Waals surface area contributed by atoms with Gasteiger partial charge in [0.25, 0.3) is 0 Å². The van der Waals surface area contributed by atoms with Gasteiger partial charge < -0.3 is 21.4 Å². The first kappa shape index (κ1) is 18.0. The maximum absolute atomic E-state index is 7.68. The highest BCUT2D eigenvalue weighted by atomic mass is 15.1.